The van der Waals surface area contributed by atoms with Crippen molar-refractivity contribution in [3.8, 4) is 6.07 Å². The van der Waals surface area contributed by atoms with Crippen LogP contribution in [-0.2, 0) is 12.8 Å². The molecule has 0 amide bonds. The summed E-state index contributed by atoms with van der Waals surface area (Å²) in [4.78, 5) is 0. The molecule has 1 nitrogen and oxygen atoms in total. The standard InChI is InChI=1S/C23H32FN/c1-2-19-10-12-20(13-11-19)6-3-4-7-21-14-16-22(17-15-21)8-5-9-23(24)18-25/h9-13,21-22H,2-8,14-17H2,1H3/b23-9-/t21-,22-. The lowest BCUT2D eigenvalue weighted by Crippen LogP contribution is -2.14. The van der Waals surface area contributed by atoms with E-state index in [0.29, 0.717) is 6.42 Å². The Morgan fingerprint density at radius 1 is 1.04 bits per heavy atom. The van der Waals surface area contributed by atoms with E-state index in [1.807, 2.05) is 0 Å². The van der Waals surface area contributed by atoms with Gasteiger partial charge in [-0.1, -0.05) is 69.7 Å². The molecule has 0 atom stereocenters. The number of nitriles is 1. The third kappa shape index (κ3) is 7.43. The van der Waals surface area contributed by atoms with Crippen molar-refractivity contribution >= 4 is 0 Å². The molecule has 0 aromatic heterocycles. The molecular formula is C23H32FN. The molecule has 0 heterocycles. The summed E-state index contributed by atoms with van der Waals surface area (Å²) >= 11 is 0. The van der Waals surface area contributed by atoms with Crippen molar-refractivity contribution in [1.82, 2.24) is 0 Å². The van der Waals surface area contributed by atoms with Crippen LogP contribution in [0.4, 0.5) is 4.39 Å². The van der Waals surface area contributed by atoms with Gasteiger partial charge in [-0.15, -0.1) is 0 Å². The third-order valence-corrected chi connectivity index (χ3v) is 5.73. The molecule has 0 bridgehead atoms. The van der Waals surface area contributed by atoms with Gasteiger partial charge in [0.05, 0.1) is 0 Å². The Labute approximate surface area is 152 Å². The quantitative estimate of drug-likeness (QED) is 0.353. The molecule has 2 heteroatoms. The first-order valence-corrected chi connectivity index (χ1v) is 10.0. The maximum atomic E-state index is 12.8. The van der Waals surface area contributed by atoms with Crippen LogP contribution < -0.4 is 0 Å². The van der Waals surface area contributed by atoms with Crippen LogP contribution in [0.1, 0.15) is 75.8 Å². The molecule has 1 saturated carbocycles. The van der Waals surface area contributed by atoms with Crippen molar-refractivity contribution in [3.63, 3.8) is 0 Å². The van der Waals surface area contributed by atoms with Crippen molar-refractivity contribution in [1.29, 1.82) is 5.26 Å². The smallest absolute Gasteiger partial charge is 0.195 e. The topological polar surface area (TPSA) is 23.8 Å². The van der Waals surface area contributed by atoms with Gasteiger partial charge in [0.1, 0.15) is 6.07 Å². The van der Waals surface area contributed by atoms with E-state index in [4.69, 9.17) is 5.26 Å². The molecule has 0 spiro atoms. The minimum atomic E-state index is -0.627. The molecule has 1 aromatic rings. The summed E-state index contributed by atoms with van der Waals surface area (Å²) in [5.74, 6) is 0.999. The van der Waals surface area contributed by atoms with E-state index in [1.165, 1.54) is 68.6 Å². The van der Waals surface area contributed by atoms with Crippen molar-refractivity contribution in [2.24, 2.45) is 11.8 Å². The van der Waals surface area contributed by atoms with Gasteiger partial charge in [-0.05, 0) is 61.1 Å². The van der Waals surface area contributed by atoms with E-state index < -0.39 is 5.83 Å². The van der Waals surface area contributed by atoms with Crippen molar-refractivity contribution in [2.75, 3.05) is 0 Å². The van der Waals surface area contributed by atoms with Crippen LogP contribution in [-0.4, -0.2) is 0 Å². The Kier molecular flexibility index (Phi) is 8.73. The highest BCUT2D eigenvalue weighted by Gasteiger charge is 2.20. The predicted octanol–water partition coefficient (Wildman–Crippen LogP) is 6.93. The Morgan fingerprint density at radius 3 is 2.24 bits per heavy atom. The molecule has 136 valence electrons. The van der Waals surface area contributed by atoms with Crippen molar-refractivity contribution in [3.05, 3.63) is 47.3 Å². The van der Waals surface area contributed by atoms with Gasteiger partial charge in [-0.2, -0.15) is 9.65 Å². The van der Waals surface area contributed by atoms with E-state index in [9.17, 15) is 4.39 Å². The number of unbranched alkanes of at least 4 members (excludes halogenated alkanes) is 1. The number of rotatable bonds is 9. The summed E-state index contributed by atoms with van der Waals surface area (Å²) in [6.45, 7) is 2.20. The molecular weight excluding hydrogens is 309 g/mol. The van der Waals surface area contributed by atoms with Crippen LogP contribution in [0.2, 0.25) is 0 Å². The van der Waals surface area contributed by atoms with Crippen LogP contribution >= 0.6 is 0 Å². The molecule has 0 radical (unpaired) electrons. The number of nitrogens with zero attached hydrogens (tertiary/aromatic N) is 1. The Balaban J connectivity index is 1.55. The molecule has 0 unspecified atom stereocenters. The molecule has 1 fully saturated rings. The largest absolute Gasteiger partial charge is 0.196 e. The lowest BCUT2D eigenvalue weighted by atomic mass is 9.78. The fourth-order valence-electron chi connectivity index (χ4n) is 4.00. The molecule has 1 aliphatic carbocycles. The fourth-order valence-corrected chi connectivity index (χ4v) is 4.00. The average Bonchev–Trinajstić information content (AvgIpc) is 2.66. The highest BCUT2D eigenvalue weighted by Crippen LogP contribution is 2.34. The monoisotopic (exact) mass is 341 g/mol. The highest BCUT2D eigenvalue weighted by atomic mass is 19.1. The Hall–Kier alpha value is -1.62. The van der Waals surface area contributed by atoms with Crippen LogP contribution in [0.5, 0.6) is 0 Å². The average molecular weight is 342 g/mol. The summed E-state index contributed by atoms with van der Waals surface area (Å²) in [6, 6.07) is 10.6. The first kappa shape index (κ1) is 19.7. The van der Waals surface area contributed by atoms with E-state index in [-0.39, 0.29) is 0 Å². The van der Waals surface area contributed by atoms with Gasteiger partial charge in [0.2, 0.25) is 0 Å². The molecule has 25 heavy (non-hydrogen) atoms. The van der Waals surface area contributed by atoms with E-state index in [2.05, 4.69) is 31.2 Å². The first-order chi connectivity index (χ1) is 12.2. The van der Waals surface area contributed by atoms with Gasteiger partial charge in [0.15, 0.2) is 5.83 Å². The maximum absolute atomic E-state index is 12.8. The number of benzene rings is 1. The normalized spacial score (nSPS) is 21.1. The van der Waals surface area contributed by atoms with Crippen LogP contribution in [0, 0.1) is 23.2 Å². The van der Waals surface area contributed by atoms with Crippen molar-refractivity contribution in [2.45, 2.75) is 77.6 Å². The zero-order valence-electron chi connectivity index (χ0n) is 15.6. The lowest BCUT2D eigenvalue weighted by molar-refractivity contribution is 0.250. The number of hydrogen-bond acceptors (Lipinski definition) is 1. The van der Waals surface area contributed by atoms with Gasteiger partial charge >= 0.3 is 0 Å². The number of allylic oxidation sites excluding steroid dienone is 2. The Bertz CT molecular complexity index is 559. The Morgan fingerprint density at radius 2 is 1.64 bits per heavy atom. The summed E-state index contributed by atoms with van der Waals surface area (Å²) in [7, 11) is 0. The molecule has 0 saturated heterocycles. The van der Waals surface area contributed by atoms with Crippen molar-refractivity contribution < 1.29 is 4.39 Å². The second-order valence-corrected chi connectivity index (χ2v) is 7.54. The summed E-state index contributed by atoms with van der Waals surface area (Å²) in [6.07, 6.45) is 14.7. The second-order valence-electron chi connectivity index (χ2n) is 7.54. The molecule has 2 rings (SSSR count). The van der Waals surface area contributed by atoms with Crippen LogP contribution in [0.25, 0.3) is 0 Å². The number of aryl methyl sites for hydroxylation is 2. The van der Waals surface area contributed by atoms with Crippen LogP contribution in [0.3, 0.4) is 0 Å². The van der Waals surface area contributed by atoms with E-state index in [1.54, 1.807) is 6.07 Å². The van der Waals surface area contributed by atoms with Gasteiger partial charge in [0, 0.05) is 0 Å². The zero-order chi connectivity index (χ0) is 17.9. The SMILES string of the molecule is CCc1ccc(CCCC[C@H]2CC[C@H](CC/C=C(\F)C#N)CC2)cc1. The summed E-state index contributed by atoms with van der Waals surface area (Å²) < 4.78 is 12.8. The predicted molar refractivity (Wildman–Crippen MR) is 103 cm³/mol. The zero-order valence-corrected chi connectivity index (χ0v) is 15.6. The van der Waals surface area contributed by atoms with Gasteiger partial charge in [-0.25, -0.2) is 0 Å². The second kappa shape index (κ2) is 11.1. The minimum absolute atomic E-state index is 0.627. The van der Waals surface area contributed by atoms with Crippen LogP contribution in [0.15, 0.2) is 36.2 Å². The van der Waals surface area contributed by atoms with Gasteiger partial charge in [-0.3, -0.25) is 0 Å². The maximum Gasteiger partial charge on any atom is 0.196 e. The summed E-state index contributed by atoms with van der Waals surface area (Å²) in [5, 5.41) is 8.41. The highest BCUT2D eigenvalue weighted by molar-refractivity contribution is 5.22. The fraction of sp³-hybridized carbons (Fsp3) is 0.609. The number of halogens is 1. The number of hydrogen-bond donors (Lipinski definition) is 0. The molecule has 0 N–H and O–H groups in total. The third-order valence-electron chi connectivity index (χ3n) is 5.73. The van der Waals surface area contributed by atoms with E-state index >= 15 is 0 Å². The van der Waals surface area contributed by atoms with Gasteiger partial charge < -0.3 is 0 Å². The molecule has 1 aliphatic rings. The lowest BCUT2D eigenvalue weighted by Gasteiger charge is -2.28. The molecule has 0 aliphatic heterocycles. The molecule has 1 aromatic carbocycles. The summed E-state index contributed by atoms with van der Waals surface area (Å²) in [5.41, 5.74) is 2.89. The minimum Gasteiger partial charge on any atom is -0.195 e. The van der Waals surface area contributed by atoms with Gasteiger partial charge in [0.25, 0.3) is 0 Å². The first-order valence-electron chi connectivity index (χ1n) is 10.0. The van der Waals surface area contributed by atoms with E-state index in [0.717, 1.165) is 24.7 Å².